The molecule has 1 fully saturated rings. The Labute approximate surface area is 105 Å². The SMILES string of the molecule is CCN1CCN(c2ccc3nnnn3n2)C(C)C1. The lowest BCUT2D eigenvalue weighted by molar-refractivity contribution is 0.239. The number of anilines is 1. The third-order valence-corrected chi connectivity index (χ3v) is 3.51. The highest BCUT2D eigenvalue weighted by atomic mass is 15.6. The largest absolute Gasteiger partial charge is 0.350 e. The Bertz CT molecular complexity index is 537. The van der Waals surface area contributed by atoms with E-state index in [1.54, 1.807) is 0 Å². The maximum absolute atomic E-state index is 4.45. The average molecular weight is 247 g/mol. The van der Waals surface area contributed by atoms with Crippen LogP contribution in [0.1, 0.15) is 13.8 Å². The number of fused-ring (bicyclic) bond motifs is 1. The first-order valence-electron chi connectivity index (χ1n) is 6.32. The van der Waals surface area contributed by atoms with Crippen molar-refractivity contribution in [1.29, 1.82) is 0 Å². The summed E-state index contributed by atoms with van der Waals surface area (Å²) in [6, 6.07) is 4.35. The van der Waals surface area contributed by atoms with Gasteiger partial charge in [0.2, 0.25) is 0 Å². The summed E-state index contributed by atoms with van der Waals surface area (Å²) in [5, 5.41) is 15.8. The normalized spacial score (nSPS) is 21.7. The Morgan fingerprint density at radius 1 is 1.33 bits per heavy atom. The summed E-state index contributed by atoms with van der Waals surface area (Å²) in [5.74, 6) is 0.943. The summed E-state index contributed by atoms with van der Waals surface area (Å²) in [7, 11) is 0. The standard InChI is InChI=1S/C11H17N7/c1-3-16-6-7-17(9(2)8-16)11-5-4-10-12-14-15-18(10)13-11/h4-5,9H,3,6-8H2,1-2H3. The third kappa shape index (κ3) is 1.90. The first-order valence-corrected chi connectivity index (χ1v) is 6.32. The number of aromatic nitrogens is 5. The van der Waals surface area contributed by atoms with E-state index in [4.69, 9.17) is 0 Å². The molecule has 7 heteroatoms. The van der Waals surface area contributed by atoms with E-state index in [-0.39, 0.29) is 0 Å². The van der Waals surface area contributed by atoms with E-state index in [0.29, 0.717) is 11.7 Å². The molecule has 0 bridgehead atoms. The summed E-state index contributed by atoms with van der Waals surface area (Å²) < 4.78 is 1.48. The molecular formula is C11H17N7. The van der Waals surface area contributed by atoms with Gasteiger partial charge in [0.25, 0.3) is 0 Å². The monoisotopic (exact) mass is 247 g/mol. The molecule has 1 atom stereocenters. The van der Waals surface area contributed by atoms with Gasteiger partial charge in [-0.3, -0.25) is 4.90 Å². The number of nitrogens with zero attached hydrogens (tertiary/aromatic N) is 7. The van der Waals surface area contributed by atoms with Crippen molar-refractivity contribution >= 4 is 11.5 Å². The summed E-state index contributed by atoms with van der Waals surface area (Å²) in [6.45, 7) is 8.69. The molecule has 2 aromatic heterocycles. The minimum atomic E-state index is 0.458. The zero-order valence-electron chi connectivity index (χ0n) is 10.7. The van der Waals surface area contributed by atoms with Crippen molar-refractivity contribution in [2.75, 3.05) is 31.1 Å². The minimum Gasteiger partial charge on any atom is -0.350 e. The van der Waals surface area contributed by atoms with Crippen molar-refractivity contribution in [2.45, 2.75) is 19.9 Å². The molecule has 18 heavy (non-hydrogen) atoms. The van der Waals surface area contributed by atoms with Crippen molar-refractivity contribution in [3.8, 4) is 0 Å². The molecule has 3 rings (SSSR count). The van der Waals surface area contributed by atoms with E-state index in [9.17, 15) is 0 Å². The zero-order chi connectivity index (χ0) is 12.5. The fraction of sp³-hybridized carbons (Fsp3) is 0.636. The lowest BCUT2D eigenvalue weighted by Crippen LogP contribution is -2.52. The molecule has 0 amide bonds. The van der Waals surface area contributed by atoms with Gasteiger partial charge in [-0.05, 0) is 36.0 Å². The van der Waals surface area contributed by atoms with Crippen LogP contribution < -0.4 is 4.90 Å². The second kappa shape index (κ2) is 4.49. The van der Waals surface area contributed by atoms with E-state index in [1.807, 2.05) is 12.1 Å². The van der Waals surface area contributed by atoms with Gasteiger partial charge in [-0.1, -0.05) is 6.92 Å². The molecule has 1 saturated heterocycles. The summed E-state index contributed by atoms with van der Waals surface area (Å²) in [6.07, 6.45) is 0. The highest BCUT2D eigenvalue weighted by Crippen LogP contribution is 2.17. The van der Waals surface area contributed by atoms with E-state index >= 15 is 0 Å². The molecule has 0 saturated carbocycles. The average Bonchev–Trinajstić information content (AvgIpc) is 2.85. The molecule has 0 aliphatic carbocycles. The molecule has 1 unspecified atom stereocenters. The van der Waals surface area contributed by atoms with E-state index in [2.05, 4.69) is 44.3 Å². The number of piperazine rings is 1. The van der Waals surface area contributed by atoms with Gasteiger partial charge in [0.1, 0.15) is 0 Å². The van der Waals surface area contributed by atoms with Crippen molar-refractivity contribution in [3.63, 3.8) is 0 Å². The lowest BCUT2D eigenvalue weighted by Gasteiger charge is -2.39. The van der Waals surface area contributed by atoms with Crippen LogP contribution in [0, 0.1) is 0 Å². The van der Waals surface area contributed by atoms with Gasteiger partial charge in [-0.2, -0.15) is 0 Å². The lowest BCUT2D eigenvalue weighted by atomic mass is 10.2. The quantitative estimate of drug-likeness (QED) is 0.747. The number of tetrazole rings is 1. The Kier molecular flexibility index (Phi) is 2.83. The van der Waals surface area contributed by atoms with Crippen LogP contribution in [-0.4, -0.2) is 62.4 Å². The van der Waals surface area contributed by atoms with Gasteiger partial charge in [-0.15, -0.1) is 14.8 Å². The highest BCUT2D eigenvalue weighted by Gasteiger charge is 2.24. The van der Waals surface area contributed by atoms with Gasteiger partial charge in [0, 0.05) is 25.7 Å². The summed E-state index contributed by atoms with van der Waals surface area (Å²) in [4.78, 5) is 4.77. The van der Waals surface area contributed by atoms with Crippen molar-refractivity contribution in [1.82, 2.24) is 30.2 Å². The minimum absolute atomic E-state index is 0.458. The van der Waals surface area contributed by atoms with Crippen LogP contribution in [0.5, 0.6) is 0 Å². The van der Waals surface area contributed by atoms with Gasteiger partial charge in [-0.25, -0.2) is 0 Å². The van der Waals surface area contributed by atoms with Crippen LogP contribution in [0.15, 0.2) is 12.1 Å². The maximum Gasteiger partial charge on any atom is 0.200 e. The third-order valence-electron chi connectivity index (χ3n) is 3.51. The highest BCUT2D eigenvalue weighted by molar-refractivity contribution is 5.45. The van der Waals surface area contributed by atoms with Crippen LogP contribution in [0.3, 0.4) is 0 Å². The maximum atomic E-state index is 4.45. The van der Waals surface area contributed by atoms with Crippen molar-refractivity contribution < 1.29 is 0 Å². The smallest absolute Gasteiger partial charge is 0.200 e. The molecule has 2 aromatic rings. The Morgan fingerprint density at radius 3 is 3.00 bits per heavy atom. The molecule has 3 heterocycles. The predicted octanol–water partition coefficient (Wildman–Crippen LogP) is 0.0497. The van der Waals surface area contributed by atoms with E-state index < -0.39 is 0 Å². The number of hydrogen-bond donors (Lipinski definition) is 0. The Morgan fingerprint density at radius 2 is 2.22 bits per heavy atom. The van der Waals surface area contributed by atoms with Crippen molar-refractivity contribution in [2.24, 2.45) is 0 Å². The van der Waals surface area contributed by atoms with Crippen molar-refractivity contribution in [3.05, 3.63) is 12.1 Å². The fourth-order valence-corrected chi connectivity index (χ4v) is 2.45. The molecule has 0 radical (unpaired) electrons. The number of hydrogen-bond acceptors (Lipinski definition) is 6. The second-order valence-electron chi connectivity index (χ2n) is 4.65. The van der Waals surface area contributed by atoms with Gasteiger partial charge < -0.3 is 4.90 Å². The van der Waals surface area contributed by atoms with Crippen LogP contribution in [0.4, 0.5) is 5.82 Å². The molecule has 1 aliphatic rings. The second-order valence-corrected chi connectivity index (χ2v) is 4.65. The first-order chi connectivity index (χ1) is 8.78. The Balaban J connectivity index is 1.85. The molecule has 0 N–H and O–H groups in total. The summed E-state index contributed by atoms with van der Waals surface area (Å²) >= 11 is 0. The molecular weight excluding hydrogens is 230 g/mol. The van der Waals surface area contributed by atoms with Gasteiger partial charge >= 0.3 is 0 Å². The molecule has 7 nitrogen and oxygen atoms in total. The molecule has 96 valence electrons. The Hall–Kier alpha value is -1.76. The van der Waals surface area contributed by atoms with Crippen LogP contribution in [-0.2, 0) is 0 Å². The first kappa shape index (κ1) is 11.3. The van der Waals surface area contributed by atoms with Crippen LogP contribution in [0.25, 0.3) is 5.65 Å². The van der Waals surface area contributed by atoms with Gasteiger partial charge in [0.05, 0.1) is 0 Å². The van der Waals surface area contributed by atoms with Crippen LogP contribution in [0.2, 0.25) is 0 Å². The predicted molar refractivity (Wildman–Crippen MR) is 67.5 cm³/mol. The topological polar surface area (TPSA) is 62.5 Å². The molecule has 1 aliphatic heterocycles. The van der Waals surface area contributed by atoms with E-state index in [0.717, 1.165) is 32.0 Å². The zero-order valence-corrected chi connectivity index (χ0v) is 10.7. The van der Waals surface area contributed by atoms with Crippen LogP contribution >= 0.6 is 0 Å². The number of likely N-dealkylation sites (N-methyl/N-ethyl adjacent to an activating group) is 1. The van der Waals surface area contributed by atoms with Gasteiger partial charge in [0.15, 0.2) is 11.5 Å². The summed E-state index contributed by atoms with van der Waals surface area (Å²) in [5.41, 5.74) is 0.679. The molecule has 0 spiro atoms. The number of rotatable bonds is 2. The van der Waals surface area contributed by atoms with E-state index in [1.165, 1.54) is 4.63 Å². The molecule has 0 aromatic carbocycles. The fourth-order valence-electron chi connectivity index (χ4n) is 2.45.